The summed E-state index contributed by atoms with van der Waals surface area (Å²) in [4.78, 5) is 27.5. The van der Waals surface area contributed by atoms with Crippen molar-refractivity contribution in [1.29, 1.82) is 0 Å². The summed E-state index contributed by atoms with van der Waals surface area (Å²) >= 11 is 0. The minimum Gasteiger partial charge on any atom is -0.381 e. The predicted molar refractivity (Wildman–Crippen MR) is 99.0 cm³/mol. The lowest BCUT2D eigenvalue weighted by Gasteiger charge is -2.49. The van der Waals surface area contributed by atoms with Crippen molar-refractivity contribution in [2.75, 3.05) is 26.3 Å². The van der Waals surface area contributed by atoms with Crippen molar-refractivity contribution in [3.8, 4) is 0 Å². The van der Waals surface area contributed by atoms with Crippen molar-refractivity contribution in [2.24, 2.45) is 11.3 Å². The molecule has 2 saturated heterocycles. The molecule has 1 N–H and O–H groups in total. The van der Waals surface area contributed by atoms with Gasteiger partial charge in [0.1, 0.15) is 11.4 Å². The van der Waals surface area contributed by atoms with E-state index in [1.807, 2.05) is 30.3 Å². The Kier molecular flexibility index (Phi) is 5.13. The number of hydrogen-bond donors (Lipinski definition) is 1. The van der Waals surface area contributed by atoms with E-state index in [9.17, 15) is 9.59 Å². The molecule has 1 atom stereocenters. The number of aryl methyl sites for hydroxylation is 1. The van der Waals surface area contributed by atoms with Crippen molar-refractivity contribution >= 4 is 11.8 Å². The lowest BCUT2D eigenvalue weighted by Crippen LogP contribution is -2.66. The highest BCUT2D eigenvalue weighted by atomic mass is 16.6. The summed E-state index contributed by atoms with van der Waals surface area (Å²) in [7, 11) is 0. The average Bonchev–Trinajstić information content (AvgIpc) is 3.34. The van der Waals surface area contributed by atoms with Crippen LogP contribution in [-0.2, 0) is 27.3 Å². The van der Waals surface area contributed by atoms with Crippen LogP contribution < -0.4 is 5.32 Å². The number of nitrogens with zero attached hydrogens (tertiary/aromatic N) is 3. The van der Waals surface area contributed by atoms with Gasteiger partial charge < -0.3 is 15.0 Å². The minimum atomic E-state index is -0.637. The summed E-state index contributed by atoms with van der Waals surface area (Å²) in [6.45, 7) is 3.98. The van der Waals surface area contributed by atoms with E-state index in [1.54, 1.807) is 11.8 Å². The van der Waals surface area contributed by atoms with Crippen molar-refractivity contribution in [1.82, 2.24) is 20.5 Å². The molecule has 2 aromatic rings. The standard InChI is InChI=1S/C20H24N4O4/c1-14-17(23-28-22-14)10-21-19(26)20(9-15-5-3-2-4-6-15)12-24(13-20)18(25)16-7-8-27-11-16/h2-6,16H,7-13H2,1H3,(H,21,26). The van der Waals surface area contributed by atoms with Gasteiger partial charge in [-0.25, -0.2) is 4.63 Å². The van der Waals surface area contributed by atoms with Gasteiger partial charge in [0.05, 0.1) is 24.5 Å². The van der Waals surface area contributed by atoms with Gasteiger partial charge in [-0.15, -0.1) is 0 Å². The molecule has 2 aliphatic heterocycles. The number of hydrogen-bond acceptors (Lipinski definition) is 6. The Morgan fingerprint density at radius 1 is 1.25 bits per heavy atom. The van der Waals surface area contributed by atoms with E-state index >= 15 is 0 Å². The number of benzene rings is 1. The summed E-state index contributed by atoms with van der Waals surface area (Å²) in [5.41, 5.74) is 1.71. The lowest BCUT2D eigenvalue weighted by atomic mass is 9.73. The highest BCUT2D eigenvalue weighted by molar-refractivity contribution is 5.88. The number of amides is 2. The Morgan fingerprint density at radius 2 is 2.04 bits per heavy atom. The summed E-state index contributed by atoms with van der Waals surface area (Å²) in [5.74, 6) is -0.0716. The molecule has 3 heterocycles. The molecule has 1 unspecified atom stereocenters. The summed E-state index contributed by atoms with van der Waals surface area (Å²) in [6.07, 6.45) is 1.34. The highest BCUT2D eigenvalue weighted by Gasteiger charge is 2.51. The van der Waals surface area contributed by atoms with Gasteiger partial charge in [0.15, 0.2) is 0 Å². The van der Waals surface area contributed by atoms with Crippen LogP contribution in [0.3, 0.4) is 0 Å². The number of nitrogens with one attached hydrogen (secondary N) is 1. The monoisotopic (exact) mass is 384 g/mol. The fourth-order valence-corrected chi connectivity index (χ4v) is 3.91. The fourth-order valence-electron chi connectivity index (χ4n) is 3.91. The molecule has 28 heavy (non-hydrogen) atoms. The van der Waals surface area contributed by atoms with Gasteiger partial charge in [0, 0.05) is 19.7 Å². The molecular formula is C20H24N4O4. The van der Waals surface area contributed by atoms with E-state index in [4.69, 9.17) is 4.74 Å². The zero-order valence-corrected chi connectivity index (χ0v) is 15.9. The van der Waals surface area contributed by atoms with Gasteiger partial charge in [0.25, 0.3) is 0 Å². The van der Waals surface area contributed by atoms with Gasteiger partial charge >= 0.3 is 0 Å². The Labute approximate surface area is 163 Å². The van der Waals surface area contributed by atoms with Crippen molar-refractivity contribution in [2.45, 2.75) is 26.3 Å². The normalized spacial score (nSPS) is 20.6. The molecule has 0 saturated carbocycles. The molecule has 0 bridgehead atoms. The molecular weight excluding hydrogens is 360 g/mol. The summed E-state index contributed by atoms with van der Waals surface area (Å²) in [6, 6.07) is 9.89. The third kappa shape index (κ3) is 3.64. The zero-order valence-electron chi connectivity index (χ0n) is 15.9. The maximum absolute atomic E-state index is 13.1. The first-order chi connectivity index (χ1) is 13.6. The van der Waals surface area contributed by atoms with Gasteiger partial charge in [-0.2, -0.15) is 0 Å². The van der Waals surface area contributed by atoms with Crippen LogP contribution in [0, 0.1) is 18.3 Å². The van der Waals surface area contributed by atoms with E-state index in [2.05, 4.69) is 20.3 Å². The van der Waals surface area contributed by atoms with E-state index in [0.717, 1.165) is 12.0 Å². The molecule has 2 amide bonds. The maximum atomic E-state index is 13.1. The number of ether oxygens (including phenoxy) is 1. The number of carbonyl (C=O) groups excluding carboxylic acids is 2. The van der Waals surface area contributed by atoms with Crippen LogP contribution in [-0.4, -0.2) is 53.3 Å². The highest BCUT2D eigenvalue weighted by Crippen LogP contribution is 2.36. The largest absolute Gasteiger partial charge is 0.381 e. The molecule has 2 aliphatic rings. The molecule has 4 rings (SSSR count). The number of aromatic nitrogens is 2. The predicted octanol–water partition coefficient (Wildman–Crippen LogP) is 1.10. The third-order valence-corrected chi connectivity index (χ3v) is 5.61. The van der Waals surface area contributed by atoms with Gasteiger partial charge in [-0.1, -0.05) is 40.6 Å². The van der Waals surface area contributed by atoms with Crippen LogP contribution in [0.5, 0.6) is 0 Å². The number of rotatable bonds is 6. The number of likely N-dealkylation sites (tertiary alicyclic amines) is 1. The Balaban J connectivity index is 1.45. The summed E-state index contributed by atoms with van der Waals surface area (Å²) in [5, 5.41) is 10.5. The van der Waals surface area contributed by atoms with E-state index in [-0.39, 0.29) is 24.3 Å². The Bertz CT molecular complexity index is 839. The van der Waals surface area contributed by atoms with Crippen LogP contribution in [0.4, 0.5) is 0 Å². The minimum absolute atomic E-state index is 0.0783. The molecule has 148 valence electrons. The second-order valence-electron chi connectivity index (χ2n) is 7.68. The molecule has 1 aromatic carbocycles. The lowest BCUT2D eigenvalue weighted by molar-refractivity contribution is -0.156. The van der Waals surface area contributed by atoms with Crippen LogP contribution in [0.2, 0.25) is 0 Å². The Hall–Kier alpha value is -2.74. The van der Waals surface area contributed by atoms with Crippen molar-refractivity contribution < 1.29 is 19.0 Å². The molecule has 0 radical (unpaired) electrons. The summed E-state index contributed by atoms with van der Waals surface area (Å²) < 4.78 is 10.0. The van der Waals surface area contributed by atoms with Crippen molar-refractivity contribution in [3.05, 3.63) is 47.3 Å². The first-order valence-corrected chi connectivity index (χ1v) is 9.54. The van der Waals surface area contributed by atoms with Crippen LogP contribution >= 0.6 is 0 Å². The van der Waals surface area contributed by atoms with Crippen LogP contribution in [0.15, 0.2) is 35.0 Å². The average molecular weight is 384 g/mol. The molecule has 0 spiro atoms. The smallest absolute Gasteiger partial charge is 0.230 e. The maximum Gasteiger partial charge on any atom is 0.230 e. The topological polar surface area (TPSA) is 97.6 Å². The van der Waals surface area contributed by atoms with E-state index in [1.165, 1.54) is 0 Å². The van der Waals surface area contributed by atoms with Gasteiger partial charge in [-0.05, 0) is 25.3 Å². The third-order valence-electron chi connectivity index (χ3n) is 5.61. The van der Waals surface area contributed by atoms with E-state index < -0.39 is 5.41 Å². The van der Waals surface area contributed by atoms with E-state index in [0.29, 0.717) is 44.1 Å². The van der Waals surface area contributed by atoms with Crippen LogP contribution in [0.1, 0.15) is 23.4 Å². The Morgan fingerprint density at radius 3 is 2.68 bits per heavy atom. The second-order valence-corrected chi connectivity index (χ2v) is 7.68. The second kappa shape index (κ2) is 7.71. The van der Waals surface area contributed by atoms with Crippen LogP contribution in [0.25, 0.3) is 0 Å². The quantitative estimate of drug-likeness (QED) is 0.801. The SMILES string of the molecule is Cc1nonc1CNC(=O)C1(Cc2ccccc2)CN(C(=O)C2CCOC2)C1. The van der Waals surface area contributed by atoms with Gasteiger partial charge in [-0.3, -0.25) is 9.59 Å². The fraction of sp³-hybridized carbons (Fsp3) is 0.500. The molecule has 8 heteroatoms. The molecule has 1 aromatic heterocycles. The van der Waals surface area contributed by atoms with Gasteiger partial charge in [0.2, 0.25) is 11.8 Å². The molecule has 2 fully saturated rings. The van der Waals surface area contributed by atoms with Crippen molar-refractivity contribution in [3.63, 3.8) is 0 Å². The molecule has 0 aliphatic carbocycles. The molecule has 8 nitrogen and oxygen atoms in total. The zero-order chi connectivity index (χ0) is 19.6. The first-order valence-electron chi connectivity index (χ1n) is 9.54. The number of carbonyl (C=O) groups is 2. The first kappa shape index (κ1) is 18.6.